The molecule has 2 aromatic heterocycles. The molecule has 1 fully saturated rings. The van der Waals surface area contributed by atoms with Crippen molar-refractivity contribution in [3.8, 4) is 0 Å². The monoisotopic (exact) mass is 329 g/mol. The largest absolute Gasteiger partial charge is 0.370 e. The third-order valence-electron chi connectivity index (χ3n) is 4.04. The van der Waals surface area contributed by atoms with Gasteiger partial charge < -0.3 is 10.1 Å². The Balaban J connectivity index is 1.58. The lowest BCUT2D eigenvalue weighted by atomic mass is 10.1. The Morgan fingerprint density at radius 3 is 2.83 bits per heavy atom. The first kappa shape index (κ1) is 16.6. The fraction of sp³-hybridized carbons (Fsp3) is 0.529. The zero-order valence-corrected chi connectivity index (χ0v) is 14.1. The highest BCUT2D eigenvalue weighted by Crippen LogP contribution is 2.24. The van der Waals surface area contributed by atoms with Crippen LogP contribution >= 0.6 is 0 Å². The molecular weight excluding hydrogens is 306 g/mol. The van der Waals surface area contributed by atoms with Gasteiger partial charge in [0, 0.05) is 43.3 Å². The van der Waals surface area contributed by atoms with Crippen LogP contribution < -0.4 is 5.32 Å². The Morgan fingerprint density at radius 2 is 2.17 bits per heavy atom. The average molecular weight is 329 g/mol. The minimum atomic E-state index is -0.152. The number of amides is 1. The van der Waals surface area contributed by atoms with Crippen LogP contribution in [0.25, 0.3) is 0 Å². The van der Waals surface area contributed by atoms with Gasteiger partial charge in [0.1, 0.15) is 11.8 Å². The Kier molecular flexibility index (Phi) is 5.20. The van der Waals surface area contributed by atoms with Gasteiger partial charge >= 0.3 is 0 Å². The molecule has 7 nitrogen and oxygen atoms in total. The molecule has 1 aliphatic rings. The van der Waals surface area contributed by atoms with Crippen molar-refractivity contribution < 1.29 is 9.53 Å². The highest BCUT2D eigenvalue weighted by molar-refractivity contribution is 5.92. The number of ether oxygens (including phenoxy) is 1. The molecule has 1 saturated heterocycles. The lowest BCUT2D eigenvalue weighted by molar-refractivity contribution is 0.00940. The fourth-order valence-electron chi connectivity index (χ4n) is 2.75. The van der Waals surface area contributed by atoms with Gasteiger partial charge in [0.25, 0.3) is 5.91 Å². The summed E-state index contributed by atoms with van der Waals surface area (Å²) in [6.07, 6.45) is 8.36. The van der Waals surface area contributed by atoms with Crippen LogP contribution in [0, 0.1) is 0 Å². The van der Waals surface area contributed by atoms with Crippen LogP contribution in [-0.2, 0) is 11.3 Å². The molecule has 3 rings (SSSR count). The summed E-state index contributed by atoms with van der Waals surface area (Å²) in [6, 6.07) is 1.86. The van der Waals surface area contributed by atoms with Crippen LogP contribution in [0.15, 0.2) is 24.7 Å². The number of carbonyl (C=O) groups is 1. The first-order valence-corrected chi connectivity index (χ1v) is 8.39. The van der Waals surface area contributed by atoms with E-state index in [1.165, 1.54) is 0 Å². The van der Waals surface area contributed by atoms with Crippen LogP contribution in [0.5, 0.6) is 0 Å². The summed E-state index contributed by atoms with van der Waals surface area (Å²) in [5.41, 5.74) is 1.41. The maximum absolute atomic E-state index is 12.3. The standard InChI is InChI=1S/C17H23N5O2/c1-12(2)22-14(6-7-21-22)17(23)20-11-13-9-18-16(19-10-13)15-5-3-4-8-24-15/h6-7,9-10,12,15H,3-5,8,11H2,1-2H3,(H,20,23)/t15-/m1/s1. The van der Waals surface area contributed by atoms with Gasteiger partial charge in [-0.15, -0.1) is 0 Å². The minimum Gasteiger partial charge on any atom is -0.370 e. The number of hydrogen-bond donors (Lipinski definition) is 1. The van der Waals surface area contributed by atoms with Gasteiger partial charge in [-0.3, -0.25) is 9.48 Å². The van der Waals surface area contributed by atoms with E-state index in [4.69, 9.17) is 4.74 Å². The van der Waals surface area contributed by atoms with Gasteiger partial charge in [0.05, 0.1) is 0 Å². The zero-order valence-electron chi connectivity index (χ0n) is 14.1. The van der Waals surface area contributed by atoms with Gasteiger partial charge in [-0.2, -0.15) is 5.10 Å². The van der Waals surface area contributed by atoms with Crippen molar-refractivity contribution in [1.82, 2.24) is 25.1 Å². The van der Waals surface area contributed by atoms with Gasteiger partial charge in [-0.1, -0.05) is 0 Å². The van der Waals surface area contributed by atoms with Crippen molar-refractivity contribution >= 4 is 5.91 Å². The summed E-state index contributed by atoms with van der Waals surface area (Å²) >= 11 is 0. The molecule has 0 radical (unpaired) electrons. The molecule has 0 unspecified atom stereocenters. The first-order chi connectivity index (χ1) is 11.6. The number of nitrogens with one attached hydrogen (secondary N) is 1. The van der Waals surface area contributed by atoms with E-state index >= 15 is 0 Å². The molecule has 1 aliphatic heterocycles. The third kappa shape index (κ3) is 3.79. The average Bonchev–Trinajstić information content (AvgIpc) is 3.11. The maximum Gasteiger partial charge on any atom is 0.269 e. The second-order valence-electron chi connectivity index (χ2n) is 6.24. The van der Waals surface area contributed by atoms with E-state index in [9.17, 15) is 4.79 Å². The predicted octanol–water partition coefficient (Wildman–Crippen LogP) is 2.43. The molecule has 2 aromatic rings. The summed E-state index contributed by atoms with van der Waals surface area (Å²) in [4.78, 5) is 21.1. The summed E-state index contributed by atoms with van der Waals surface area (Å²) < 4.78 is 7.39. The molecule has 0 aromatic carbocycles. The topological polar surface area (TPSA) is 81.9 Å². The Hall–Kier alpha value is -2.28. The molecular formula is C17H23N5O2. The Morgan fingerprint density at radius 1 is 1.38 bits per heavy atom. The van der Waals surface area contributed by atoms with Gasteiger partial charge in [0.2, 0.25) is 0 Å². The molecule has 3 heterocycles. The van der Waals surface area contributed by atoms with E-state index in [0.29, 0.717) is 12.2 Å². The van der Waals surface area contributed by atoms with Crippen LogP contribution in [0.3, 0.4) is 0 Å². The third-order valence-corrected chi connectivity index (χ3v) is 4.04. The van der Waals surface area contributed by atoms with E-state index in [2.05, 4.69) is 20.4 Å². The molecule has 0 spiro atoms. The molecule has 24 heavy (non-hydrogen) atoms. The zero-order chi connectivity index (χ0) is 16.9. The highest BCUT2D eigenvalue weighted by atomic mass is 16.5. The number of carbonyl (C=O) groups excluding carboxylic acids is 1. The molecule has 128 valence electrons. The maximum atomic E-state index is 12.3. The molecule has 0 bridgehead atoms. The Bertz CT molecular complexity index is 675. The van der Waals surface area contributed by atoms with Crippen molar-refractivity contribution in [2.45, 2.75) is 51.8 Å². The second kappa shape index (κ2) is 7.53. The summed E-state index contributed by atoms with van der Waals surface area (Å²) in [6.45, 7) is 5.14. The van der Waals surface area contributed by atoms with Crippen molar-refractivity contribution in [3.63, 3.8) is 0 Å². The SMILES string of the molecule is CC(C)n1nccc1C(=O)NCc1cnc([C@H]2CCCCO2)nc1. The lowest BCUT2D eigenvalue weighted by Gasteiger charge is -2.21. The van der Waals surface area contributed by atoms with Gasteiger partial charge in [0.15, 0.2) is 5.82 Å². The van der Waals surface area contributed by atoms with Crippen molar-refractivity contribution in [2.24, 2.45) is 0 Å². The number of nitrogens with zero attached hydrogens (tertiary/aromatic N) is 4. The van der Waals surface area contributed by atoms with E-state index in [1.807, 2.05) is 13.8 Å². The predicted molar refractivity (Wildman–Crippen MR) is 88.4 cm³/mol. The van der Waals surface area contributed by atoms with Crippen LogP contribution in [-0.4, -0.2) is 32.3 Å². The molecule has 1 N–H and O–H groups in total. The number of aromatic nitrogens is 4. The number of hydrogen-bond acceptors (Lipinski definition) is 5. The quantitative estimate of drug-likeness (QED) is 0.911. The van der Waals surface area contributed by atoms with Gasteiger partial charge in [-0.25, -0.2) is 9.97 Å². The van der Waals surface area contributed by atoms with Crippen LogP contribution in [0.1, 0.15) is 67.1 Å². The van der Waals surface area contributed by atoms with Crippen molar-refractivity contribution in [2.75, 3.05) is 6.61 Å². The smallest absolute Gasteiger partial charge is 0.269 e. The normalized spacial score (nSPS) is 17.9. The van der Waals surface area contributed by atoms with Gasteiger partial charge in [-0.05, 0) is 39.2 Å². The molecule has 1 amide bonds. The van der Waals surface area contributed by atoms with E-state index in [0.717, 1.165) is 37.3 Å². The van der Waals surface area contributed by atoms with Crippen molar-refractivity contribution in [1.29, 1.82) is 0 Å². The molecule has 0 saturated carbocycles. The first-order valence-electron chi connectivity index (χ1n) is 8.39. The molecule has 7 heteroatoms. The Labute approximate surface area is 141 Å². The van der Waals surface area contributed by atoms with E-state index in [1.54, 1.807) is 29.3 Å². The summed E-state index contributed by atoms with van der Waals surface area (Å²) in [7, 11) is 0. The minimum absolute atomic E-state index is 0.00258. The fourth-order valence-corrected chi connectivity index (χ4v) is 2.75. The molecule has 0 aliphatic carbocycles. The lowest BCUT2D eigenvalue weighted by Crippen LogP contribution is -2.26. The summed E-state index contributed by atoms with van der Waals surface area (Å²) in [5.74, 6) is 0.573. The summed E-state index contributed by atoms with van der Waals surface area (Å²) in [5, 5.41) is 7.06. The highest BCUT2D eigenvalue weighted by Gasteiger charge is 2.18. The van der Waals surface area contributed by atoms with Crippen molar-refractivity contribution in [3.05, 3.63) is 41.7 Å². The molecule has 1 atom stereocenters. The van der Waals surface area contributed by atoms with Crippen LogP contribution in [0.4, 0.5) is 0 Å². The van der Waals surface area contributed by atoms with E-state index < -0.39 is 0 Å². The van der Waals surface area contributed by atoms with Crippen LogP contribution in [0.2, 0.25) is 0 Å². The number of rotatable bonds is 5. The second-order valence-corrected chi connectivity index (χ2v) is 6.24. The van der Waals surface area contributed by atoms with E-state index in [-0.39, 0.29) is 18.1 Å².